The molecule has 0 radical (unpaired) electrons. The Hall–Kier alpha value is -0.520. The molecule has 1 rings (SSSR count). The topological polar surface area (TPSA) is 61.1 Å². The predicted octanol–water partition coefficient (Wildman–Crippen LogP) is 1.65. The lowest BCUT2D eigenvalue weighted by atomic mass is 10.3. The van der Waals surface area contributed by atoms with Gasteiger partial charge in [0.05, 0.1) is 0 Å². The quantitative estimate of drug-likeness (QED) is 0.575. The SMILES string of the molecule is Cc1c(Cl)c(S(C)(=O)=O)c(Cl)c(C)[n+]1[O-]. The van der Waals surface area contributed by atoms with Gasteiger partial charge in [-0.05, 0) is 0 Å². The van der Waals surface area contributed by atoms with Gasteiger partial charge in [0.2, 0.25) is 11.4 Å². The van der Waals surface area contributed by atoms with Crippen LogP contribution in [-0.4, -0.2) is 14.7 Å². The molecule has 0 saturated carbocycles. The third-order valence-corrected chi connectivity index (χ3v) is 4.31. The molecule has 0 atom stereocenters. The molecule has 0 aliphatic carbocycles. The Balaban J connectivity index is 3.84. The van der Waals surface area contributed by atoms with Gasteiger partial charge in [0.1, 0.15) is 14.9 Å². The maximum atomic E-state index is 11.4. The zero-order chi connectivity index (χ0) is 12.0. The smallest absolute Gasteiger partial charge is 0.209 e. The minimum absolute atomic E-state index is 0.122. The fourth-order valence-electron chi connectivity index (χ4n) is 1.18. The van der Waals surface area contributed by atoms with Gasteiger partial charge in [0, 0.05) is 20.1 Å². The van der Waals surface area contributed by atoms with E-state index in [1.54, 1.807) is 0 Å². The molecule has 0 aliphatic heterocycles. The Bertz CT molecular complexity index is 496. The average Bonchev–Trinajstić information content (AvgIpc) is 2.09. The minimum Gasteiger partial charge on any atom is -0.618 e. The van der Waals surface area contributed by atoms with Crippen molar-refractivity contribution in [3.05, 3.63) is 26.6 Å². The first-order valence-corrected chi connectivity index (χ1v) is 6.60. The van der Waals surface area contributed by atoms with Crippen molar-refractivity contribution in [1.82, 2.24) is 0 Å². The van der Waals surface area contributed by atoms with Crippen molar-refractivity contribution in [3.8, 4) is 0 Å². The monoisotopic (exact) mass is 269 g/mol. The van der Waals surface area contributed by atoms with Gasteiger partial charge in [-0.25, -0.2) is 8.42 Å². The highest BCUT2D eigenvalue weighted by molar-refractivity contribution is 7.91. The molecule has 1 heterocycles. The molecule has 0 unspecified atom stereocenters. The zero-order valence-corrected chi connectivity index (χ0v) is 10.7. The number of hydrogen-bond acceptors (Lipinski definition) is 3. The van der Waals surface area contributed by atoms with E-state index in [0.717, 1.165) is 6.26 Å². The summed E-state index contributed by atoms with van der Waals surface area (Å²) in [5.74, 6) is 0. The van der Waals surface area contributed by atoms with E-state index in [4.69, 9.17) is 23.2 Å². The van der Waals surface area contributed by atoms with Crippen molar-refractivity contribution in [2.45, 2.75) is 18.7 Å². The predicted molar refractivity (Wildman–Crippen MR) is 58.0 cm³/mol. The summed E-state index contributed by atoms with van der Waals surface area (Å²) >= 11 is 11.6. The summed E-state index contributed by atoms with van der Waals surface area (Å²) in [6.45, 7) is 2.88. The van der Waals surface area contributed by atoms with Gasteiger partial charge in [0.25, 0.3) is 0 Å². The molecule has 0 saturated heterocycles. The van der Waals surface area contributed by atoms with E-state index < -0.39 is 9.84 Å². The molecule has 84 valence electrons. The van der Waals surface area contributed by atoms with E-state index in [1.807, 2.05) is 0 Å². The average molecular weight is 270 g/mol. The van der Waals surface area contributed by atoms with Crippen LogP contribution in [0.25, 0.3) is 0 Å². The summed E-state index contributed by atoms with van der Waals surface area (Å²) < 4.78 is 23.3. The van der Waals surface area contributed by atoms with E-state index in [0.29, 0.717) is 4.73 Å². The second-order valence-corrected chi connectivity index (χ2v) is 5.90. The van der Waals surface area contributed by atoms with Crippen LogP contribution >= 0.6 is 23.2 Å². The minimum atomic E-state index is -3.54. The summed E-state index contributed by atoms with van der Waals surface area (Å²) in [5, 5.41) is 11.2. The Kier molecular flexibility index (Phi) is 3.19. The van der Waals surface area contributed by atoms with Gasteiger partial charge in [0.15, 0.2) is 9.84 Å². The second-order valence-electron chi connectivity index (χ2n) is 3.19. The van der Waals surface area contributed by atoms with Crippen molar-refractivity contribution in [2.24, 2.45) is 0 Å². The Morgan fingerprint density at radius 2 is 1.47 bits per heavy atom. The molecule has 0 N–H and O–H groups in total. The molecule has 0 fully saturated rings. The standard InChI is InChI=1S/C8H9Cl2NO3S/c1-4-6(9)8(15(3,13)14)7(10)5(2)11(4)12/h1-3H3. The summed E-state index contributed by atoms with van der Waals surface area (Å²) in [4.78, 5) is -0.187. The lowest BCUT2D eigenvalue weighted by Gasteiger charge is -2.11. The van der Waals surface area contributed by atoms with Crippen LogP contribution < -0.4 is 4.73 Å². The van der Waals surface area contributed by atoms with Crippen LogP contribution in [0.2, 0.25) is 10.0 Å². The van der Waals surface area contributed by atoms with Crippen LogP contribution in [0.5, 0.6) is 0 Å². The van der Waals surface area contributed by atoms with Crippen LogP contribution in [0.4, 0.5) is 0 Å². The Morgan fingerprint density at radius 1 is 1.13 bits per heavy atom. The van der Waals surface area contributed by atoms with Crippen molar-refractivity contribution >= 4 is 33.0 Å². The van der Waals surface area contributed by atoms with Crippen molar-refractivity contribution in [3.63, 3.8) is 0 Å². The van der Waals surface area contributed by atoms with Gasteiger partial charge >= 0.3 is 0 Å². The lowest BCUT2D eigenvalue weighted by Crippen LogP contribution is -2.35. The summed E-state index contributed by atoms with van der Waals surface area (Å²) in [7, 11) is -3.54. The second kappa shape index (κ2) is 3.81. The van der Waals surface area contributed by atoms with Crippen molar-refractivity contribution in [2.75, 3.05) is 6.26 Å². The van der Waals surface area contributed by atoms with Gasteiger partial charge in [-0.15, -0.1) is 0 Å². The number of rotatable bonds is 1. The zero-order valence-electron chi connectivity index (χ0n) is 8.34. The third-order valence-electron chi connectivity index (χ3n) is 2.01. The molecule has 1 aromatic heterocycles. The molecule has 0 aliphatic rings. The number of pyridine rings is 1. The molecular weight excluding hydrogens is 261 g/mol. The van der Waals surface area contributed by atoms with E-state index >= 15 is 0 Å². The fraction of sp³-hybridized carbons (Fsp3) is 0.375. The molecule has 15 heavy (non-hydrogen) atoms. The van der Waals surface area contributed by atoms with Crippen LogP contribution in [0.15, 0.2) is 4.90 Å². The number of aromatic nitrogens is 1. The van der Waals surface area contributed by atoms with Gasteiger partial charge in [-0.2, -0.15) is 4.73 Å². The summed E-state index contributed by atoms with van der Waals surface area (Å²) in [5.41, 5.74) is 0.248. The Morgan fingerprint density at radius 3 is 1.73 bits per heavy atom. The molecule has 1 aromatic rings. The van der Waals surface area contributed by atoms with Crippen molar-refractivity contribution in [1.29, 1.82) is 0 Å². The van der Waals surface area contributed by atoms with Gasteiger partial charge in [-0.1, -0.05) is 23.2 Å². The first-order valence-electron chi connectivity index (χ1n) is 3.95. The maximum Gasteiger partial charge on any atom is 0.209 e. The molecule has 4 nitrogen and oxygen atoms in total. The number of halogens is 2. The molecule has 0 aromatic carbocycles. The number of sulfone groups is 1. The number of hydrogen-bond donors (Lipinski definition) is 0. The highest BCUT2D eigenvalue weighted by Crippen LogP contribution is 2.31. The number of nitrogens with zero attached hydrogens (tertiary/aromatic N) is 1. The van der Waals surface area contributed by atoms with E-state index in [-0.39, 0.29) is 26.3 Å². The highest BCUT2D eigenvalue weighted by Gasteiger charge is 2.27. The molecule has 0 spiro atoms. The fourth-order valence-corrected chi connectivity index (χ4v) is 3.36. The lowest BCUT2D eigenvalue weighted by molar-refractivity contribution is -0.619. The van der Waals surface area contributed by atoms with Crippen LogP contribution in [0, 0.1) is 19.1 Å². The first kappa shape index (κ1) is 12.5. The van der Waals surface area contributed by atoms with E-state index in [1.165, 1.54) is 13.8 Å². The van der Waals surface area contributed by atoms with Crippen LogP contribution in [-0.2, 0) is 9.84 Å². The summed E-state index contributed by atoms with van der Waals surface area (Å²) in [6.07, 6.45) is 0.994. The summed E-state index contributed by atoms with van der Waals surface area (Å²) in [6, 6.07) is 0. The van der Waals surface area contributed by atoms with Crippen LogP contribution in [0.3, 0.4) is 0 Å². The van der Waals surface area contributed by atoms with Gasteiger partial charge in [-0.3, -0.25) is 0 Å². The van der Waals surface area contributed by atoms with Crippen LogP contribution in [0.1, 0.15) is 11.4 Å². The normalized spacial score (nSPS) is 11.8. The Labute approximate surface area is 97.9 Å². The van der Waals surface area contributed by atoms with E-state index in [2.05, 4.69) is 0 Å². The third kappa shape index (κ3) is 2.04. The molecule has 0 amide bonds. The largest absolute Gasteiger partial charge is 0.618 e. The van der Waals surface area contributed by atoms with Crippen molar-refractivity contribution < 1.29 is 13.1 Å². The maximum absolute atomic E-state index is 11.4. The highest BCUT2D eigenvalue weighted by atomic mass is 35.5. The molecular formula is C8H9Cl2NO3S. The van der Waals surface area contributed by atoms with Gasteiger partial charge < -0.3 is 5.21 Å². The first-order chi connectivity index (χ1) is 6.68. The molecule has 7 heteroatoms. The van der Waals surface area contributed by atoms with E-state index in [9.17, 15) is 13.6 Å². The molecule has 0 bridgehead atoms.